The number of nitrogens with one attached hydrogen (secondary N) is 1. The monoisotopic (exact) mass is 716 g/mol. The Kier molecular flexibility index (Phi) is 13.3. The summed E-state index contributed by atoms with van der Waals surface area (Å²) in [5, 5.41) is 25.0. The van der Waals surface area contributed by atoms with Crippen LogP contribution in [0.4, 0.5) is 28.7 Å². The van der Waals surface area contributed by atoms with Crippen LogP contribution in [0.25, 0.3) is 0 Å². The fourth-order valence-electron chi connectivity index (χ4n) is 4.67. The lowest BCUT2D eigenvalue weighted by Gasteiger charge is -2.31. The molecule has 6 rings (SSSR count). The molecule has 17 heteroatoms. The standard InChI is InChI=1S/C13H18N4O4.C9H10IN3O3.C4H9NO/c18-17(19)13-12(16-3-7-21-8-4-16)9-11(10-14-13)15-1-5-20-6-2-15;10-8-5-7(6-11-9(8)13(14)15)12-1-3-16-4-2-12;1-3-6-4-2-5-1/h9-10H,1-8H2;5-6H,1-4H2;5H,1-4H2. The van der Waals surface area contributed by atoms with Crippen LogP contribution in [0.15, 0.2) is 24.5 Å². The summed E-state index contributed by atoms with van der Waals surface area (Å²) >= 11 is 1.94. The molecule has 0 saturated carbocycles. The number of pyridine rings is 2. The molecule has 0 unspecified atom stereocenters. The normalized spacial score (nSPS) is 19.0. The summed E-state index contributed by atoms with van der Waals surface area (Å²) in [4.78, 5) is 35.1. The van der Waals surface area contributed by atoms with E-state index in [4.69, 9.17) is 18.9 Å². The lowest BCUT2D eigenvalue weighted by Crippen LogP contribution is -2.38. The van der Waals surface area contributed by atoms with Crippen molar-refractivity contribution in [3.63, 3.8) is 0 Å². The van der Waals surface area contributed by atoms with Crippen LogP contribution in [0, 0.1) is 23.8 Å². The van der Waals surface area contributed by atoms with E-state index >= 15 is 0 Å². The minimum absolute atomic E-state index is 0.0855. The zero-order chi connectivity index (χ0) is 30.4. The maximum Gasteiger partial charge on any atom is 0.387 e. The van der Waals surface area contributed by atoms with E-state index in [1.54, 1.807) is 18.5 Å². The fourth-order valence-corrected chi connectivity index (χ4v) is 5.33. The van der Waals surface area contributed by atoms with E-state index < -0.39 is 9.85 Å². The quantitative estimate of drug-likeness (QED) is 0.269. The Morgan fingerprint density at radius 2 is 1.07 bits per heavy atom. The molecule has 0 aromatic carbocycles. The van der Waals surface area contributed by atoms with Gasteiger partial charge in [0.25, 0.3) is 0 Å². The molecular formula is C26H37IN8O8. The predicted molar refractivity (Wildman–Crippen MR) is 167 cm³/mol. The third-order valence-corrected chi connectivity index (χ3v) is 7.73. The molecule has 0 atom stereocenters. The molecule has 4 aliphatic heterocycles. The molecule has 6 heterocycles. The van der Waals surface area contributed by atoms with Gasteiger partial charge in [0, 0.05) is 52.4 Å². The van der Waals surface area contributed by atoms with Crippen LogP contribution in [0.1, 0.15) is 0 Å². The lowest BCUT2D eigenvalue weighted by atomic mass is 10.2. The van der Waals surface area contributed by atoms with Gasteiger partial charge in [0.15, 0.2) is 12.4 Å². The summed E-state index contributed by atoms with van der Waals surface area (Å²) in [6, 6.07) is 3.65. The number of hydrogen-bond acceptors (Lipinski definition) is 14. The molecule has 1 N–H and O–H groups in total. The van der Waals surface area contributed by atoms with Gasteiger partial charge in [0.2, 0.25) is 0 Å². The highest BCUT2D eigenvalue weighted by Gasteiger charge is 2.25. The summed E-state index contributed by atoms with van der Waals surface area (Å²) < 4.78 is 21.5. The average molecular weight is 717 g/mol. The Labute approximate surface area is 263 Å². The van der Waals surface area contributed by atoms with Gasteiger partial charge in [-0.3, -0.25) is 0 Å². The van der Waals surface area contributed by atoms with E-state index in [1.807, 2.05) is 33.6 Å². The molecule has 0 bridgehead atoms. The first kappa shape index (κ1) is 32.9. The smallest absolute Gasteiger partial charge is 0.379 e. The lowest BCUT2D eigenvalue weighted by molar-refractivity contribution is -0.390. The Morgan fingerprint density at radius 3 is 1.47 bits per heavy atom. The number of anilines is 3. The molecule has 4 fully saturated rings. The van der Waals surface area contributed by atoms with Crippen molar-refractivity contribution in [1.82, 2.24) is 15.3 Å². The second-order valence-corrected chi connectivity index (χ2v) is 10.9. The van der Waals surface area contributed by atoms with Crippen molar-refractivity contribution in [3.8, 4) is 0 Å². The second kappa shape index (κ2) is 17.4. The minimum atomic E-state index is -0.467. The summed E-state index contributed by atoms with van der Waals surface area (Å²) in [5.74, 6) is -0.175. The van der Waals surface area contributed by atoms with E-state index in [9.17, 15) is 20.2 Å². The summed E-state index contributed by atoms with van der Waals surface area (Å²) in [6.07, 6.45) is 3.12. The molecule has 16 nitrogen and oxygen atoms in total. The van der Waals surface area contributed by atoms with E-state index in [0.29, 0.717) is 62.0 Å². The SMILES string of the molecule is C1COCCN1.O=[N+]([O-])c1ncc(N2CCOCC2)cc1I.O=[N+]([O-])c1ncc(N2CCOCC2)cc1N1CCOCC1. The van der Waals surface area contributed by atoms with Gasteiger partial charge in [-0.1, -0.05) is 0 Å². The molecule has 0 amide bonds. The highest BCUT2D eigenvalue weighted by Crippen LogP contribution is 2.31. The van der Waals surface area contributed by atoms with Crippen molar-refractivity contribution < 1.29 is 28.8 Å². The third-order valence-electron chi connectivity index (χ3n) is 6.94. The van der Waals surface area contributed by atoms with Gasteiger partial charge < -0.3 is 59.2 Å². The highest BCUT2D eigenvalue weighted by atomic mass is 127. The van der Waals surface area contributed by atoms with Crippen molar-refractivity contribution >= 4 is 51.3 Å². The van der Waals surface area contributed by atoms with Crippen LogP contribution in [-0.2, 0) is 18.9 Å². The van der Waals surface area contributed by atoms with Crippen molar-refractivity contribution in [3.05, 3.63) is 48.3 Å². The maximum atomic E-state index is 11.2. The molecule has 2 aromatic heterocycles. The first-order valence-corrected chi connectivity index (χ1v) is 15.2. The third kappa shape index (κ3) is 10.0. The van der Waals surface area contributed by atoms with Crippen LogP contribution in [0.5, 0.6) is 0 Å². The first-order valence-electron chi connectivity index (χ1n) is 14.1. The first-order chi connectivity index (χ1) is 20.9. The van der Waals surface area contributed by atoms with Gasteiger partial charge in [-0.05, 0) is 54.5 Å². The molecule has 4 aliphatic rings. The number of nitro groups is 2. The number of halogens is 1. The molecule has 236 valence electrons. The van der Waals surface area contributed by atoms with Crippen LogP contribution in [-0.4, -0.2) is 125 Å². The highest BCUT2D eigenvalue weighted by molar-refractivity contribution is 14.1. The largest absolute Gasteiger partial charge is 0.387 e. The zero-order valence-electron chi connectivity index (χ0n) is 23.9. The minimum Gasteiger partial charge on any atom is -0.379 e. The number of ether oxygens (including phenoxy) is 4. The van der Waals surface area contributed by atoms with E-state index in [-0.39, 0.29) is 11.6 Å². The van der Waals surface area contributed by atoms with Gasteiger partial charge >= 0.3 is 11.6 Å². The Balaban J connectivity index is 0.000000169. The summed E-state index contributed by atoms with van der Waals surface area (Å²) in [6.45, 7) is 12.2. The average Bonchev–Trinajstić information content (AvgIpc) is 3.07. The predicted octanol–water partition coefficient (Wildman–Crippen LogP) is 1.70. The molecule has 0 aliphatic carbocycles. The van der Waals surface area contributed by atoms with Gasteiger partial charge in [0.1, 0.15) is 9.26 Å². The van der Waals surface area contributed by atoms with Gasteiger partial charge in [-0.15, -0.1) is 0 Å². The van der Waals surface area contributed by atoms with Crippen LogP contribution < -0.4 is 20.0 Å². The van der Waals surface area contributed by atoms with Gasteiger partial charge in [-0.25, -0.2) is 0 Å². The van der Waals surface area contributed by atoms with Crippen molar-refractivity contribution in [2.75, 3.05) is 120 Å². The molecule has 0 radical (unpaired) electrons. The molecular weight excluding hydrogens is 679 g/mol. The maximum absolute atomic E-state index is 11.2. The fraction of sp³-hybridized carbons (Fsp3) is 0.615. The molecule has 0 spiro atoms. The van der Waals surface area contributed by atoms with E-state index in [1.165, 1.54) is 0 Å². The second-order valence-electron chi connectivity index (χ2n) is 9.71. The van der Waals surface area contributed by atoms with Gasteiger partial charge in [-0.2, -0.15) is 0 Å². The molecule has 43 heavy (non-hydrogen) atoms. The van der Waals surface area contributed by atoms with Crippen LogP contribution in [0.3, 0.4) is 0 Å². The van der Waals surface area contributed by atoms with Crippen molar-refractivity contribution in [2.24, 2.45) is 0 Å². The Bertz CT molecular complexity index is 1180. The van der Waals surface area contributed by atoms with Crippen LogP contribution in [0.2, 0.25) is 0 Å². The Morgan fingerprint density at radius 1 is 0.651 bits per heavy atom. The topological polar surface area (TPSA) is 171 Å². The van der Waals surface area contributed by atoms with Crippen LogP contribution >= 0.6 is 22.6 Å². The Hall–Kier alpha value is -2.97. The number of aromatic nitrogens is 2. The van der Waals surface area contributed by atoms with E-state index in [2.05, 4.69) is 25.1 Å². The zero-order valence-corrected chi connectivity index (χ0v) is 26.1. The number of morpholine rings is 4. The number of nitrogens with zero attached hydrogens (tertiary/aromatic N) is 7. The van der Waals surface area contributed by atoms with Crippen molar-refractivity contribution in [2.45, 2.75) is 0 Å². The molecule has 4 saturated heterocycles. The number of hydrogen-bond donors (Lipinski definition) is 1. The summed E-state index contributed by atoms with van der Waals surface area (Å²) in [5.41, 5.74) is 2.40. The van der Waals surface area contributed by atoms with E-state index in [0.717, 1.165) is 63.9 Å². The van der Waals surface area contributed by atoms with Crippen molar-refractivity contribution in [1.29, 1.82) is 0 Å². The van der Waals surface area contributed by atoms with Gasteiger partial charge in [0.05, 0.1) is 64.2 Å². The number of rotatable bonds is 5. The molecule has 2 aromatic rings. The summed E-state index contributed by atoms with van der Waals surface area (Å²) in [7, 11) is 0.